The van der Waals surface area contributed by atoms with Gasteiger partial charge in [0, 0.05) is 19.1 Å². The number of halogens is 2. The molecule has 2 fully saturated rings. The number of hydrogen-bond acceptors (Lipinski definition) is 3. The molecule has 1 aliphatic heterocycles. The van der Waals surface area contributed by atoms with Crippen molar-refractivity contribution in [3.8, 4) is 0 Å². The zero-order valence-electron chi connectivity index (χ0n) is 9.61. The second-order valence-corrected chi connectivity index (χ2v) is 6.73. The molecule has 2 rings (SSSR count). The molecule has 0 aromatic carbocycles. The summed E-state index contributed by atoms with van der Waals surface area (Å²) >= 11 is 0. The van der Waals surface area contributed by atoms with Gasteiger partial charge in [0.25, 0.3) is 10.0 Å². The lowest BCUT2D eigenvalue weighted by molar-refractivity contribution is 0.203. The fourth-order valence-electron chi connectivity index (χ4n) is 2.10. The Morgan fingerprint density at radius 1 is 1.18 bits per heavy atom. The van der Waals surface area contributed by atoms with Gasteiger partial charge in [-0.1, -0.05) is 0 Å². The van der Waals surface area contributed by atoms with Gasteiger partial charge in [-0.15, -0.1) is 0 Å². The maximum absolute atomic E-state index is 12.3. The quantitative estimate of drug-likeness (QED) is 0.809. The molecule has 1 N–H and O–H groups in total. The maximum atomic E-state index is 12.3. The standard InChI is InChI=1S/C10H18F2N2O2S/c11-10(12)17(15,16)14-5-3-8(4-6-14)7-13-9-1-2-9/h8-10,13H,1-7H2. The summed E-state index contributed by atoms with van der Waals surface area (Å²) in [5, 5.41) is 3.39. The minimum absolute atomic E-state index is 0.226. The van der Waals surface area contributed by atoms with E-state index in [2.05, 4.69) is 5.32 Å². The molecule has 2 aliphatic rings. The molecule has 1 saturated heterocycles. The second-order valence-electron chi connectivity index (χ2n) is 4.83. The maximum Gasteiger partial charge on any atom is 0.350 e. The molecule has 0 atom stereocenters. The van der Waals surface area contributed by atoms with Crippen molar-refractivity contribution in [3.63, 3.8) is 0 Å². The first-order valence-electron chi connectivity index (χ1n) is 6.00. The van der Waals surface area contributed by atoms with E-state index in [4.69, 9.17) is 0 Å². The first-order chi connectivity index (χ1) is 8.00. The summed E-state index contributed by atoms with van der Waals surface area (Å²) in [6, 6.07) is 0.637. The van der Waals surface area contributed by atoms with Crippen molar-refractivity contribution in [1.82, 2.24) is 9.62 Å². The zero-order chi connectivity index (χ0) is 12.5. The van der Waals surface area contributed by atoms with Crippen molar-refractivity contribution in [1.29, 1.82) is 0 Å². The lowest BCUT2D eigenvalue weighted by atomic mass is 9.98. The highest BCUT2D eigenvalue weighted by Gasteiger charge is 2.34. The van der Waals surface area contributed by atoms with E-state index in [-0.39, 0.29) is 13.1 Å². The smallest absolute Gasteiger partial charge is 0.314 e. The van der Waals surface area contributed by atoms with E-state index in [0.717, 1.165) is 10.8 Å². The largest absolute Gasteiger partial charge is 0.350 e. The van der Waals surface area contributed by atoms with Crippen LogP contribution in [0.15, 0.2) is 0 Å². The molecule has 0 spiro atoms. The second kappa shape index (κ2) is 5.16. The molecular formula is C10H18F2N2O2S. The molecule has 7 heteroatoms. The van der Waals surface area contributed by atoms with Gasteiger partial charge in [-0.3, -0.25) is 0 Å². The molecule has 4 nitrogen and oxygen atoms in total. The van der Waals surface area contributed by atoms with E-state index in [1.54, 1.807) is 0 Å². The van der Waals surface area contributed by atoms with Crippen LogP contribution in [-0.4, -0.2) is 44.2 Å². The van der Waals surface area contributed by atoms with Crippen molar-refractivity contribution in [2.45, 2.75) is 37.5 Å². The first-order valence-corrected chi connectivity index (χ1v) is 7.51. The predicted octanol–water partition coefficient (Wildman–Crippen LogP) is 1.00. The summed E-state index contributed by atoms with van der Waals surface area (Å²) in [6.45, 7) is 1.33. The molecule has 1 saturated carbocycles. The van der Waals surface area contributed by atoms with E-state index in [9.17, 15) is 17.2 Å². The average molecular weight is 268 g/mol. The van der Waals surface area contributed by atoms with Gasteiger partial charge in [-0.25, -0.2) is 8.42 Å². The Hall–Kier alpha value is -0.270. The summed E-state index contributed by atoms with van der Waals surface area (Å²) in [6.07, 6.45) is 3.79. The predicted molar refractivity (Wildman–Crippen MR) is 60.2 cm³/mol. The van der Waals surface area contributed by atoms with Crippen LogP contribution in [0.4, 0.5) is 8.78 Å². The van der Waals surface area contributed by atoms with Crippen LogP contribution in [0.2, 0.25) is 0 Å². The van der Waals surface area contributed by atoms with Crippen LogP contribution in [-0.2, 0) is 10.0 Å². The Labute approximate surface area is 100 Å². The van der Waals surface area contributed by atoms with Gasteiger partial charge in [0.05, 0.1) is 0 Å². The van der Waals surface area contributed by atoms with Crippen LogP contribution in [0.1, 0.15) is 25.7 Å². The molecule has 1 heterocycles. The fraction of sp³-hybridized carbons (Fsp3) is 1.00. The van der Waals surface area contributed by atoms with Gasteiger partial charge in [-0.05, 0) is 38.1 Å². The van der Waals surface area contributed by atoms with Gasteiger partial charge >= 0.3 is 5.76 Å². The highest BCUT2D eigenvalue weighted by atomic mass is 32.2. The van der Waals surface area contributed by atoms with Gasteiger partial charge in [0.2, 0.25) is 0 Å². The highest BCUT2D eigenvalue weighted by Crippen LogP contribution is 2.24. The number of rotatable bonds is 5. The molecule has 0 amide bonds. The monoisotopic (exact) mass is 268 g/mol. The third-order valence-corrected chi connectivity index (χ3v) is 4.97. The Morgan fingerprint density at radius 3 is 2.24 bits per heavy atom. The van der Waals surface area contributed by atoms with Crippen molar-refractivity contribution in [2.24, 2.45) is 5.92 Å². The Morgan fingerprint density at radius 2 is 1.76 bits per heavy atom. The van der Waals surface area contributed by atoms with Crippen molar-refractivity contribution in [3.05, 3.63) is 0 Å². The zero-order valence-corrected chi connectivity index (χ0v) is 10.4. The Balaban J connectivity index is 1.76. The Bertz CT molecular complexity index is 349. The van der Waals surface area contributed by atoms with E-state index in [1.165, 1.54) is 12.8 Å². The fourth-order valence-corrected chi connectivity index (χ4v) is 3.05. The van der Waals surface area contributed by atoms with Gasteiger partial charge in [0.15, 0.2) is 0 Å². The highest BCUT2D eigenvalue weighted by molar-refractivity contribution is 7.89. The molecule has 0 aromatic heterocycles. The first kappa shape index (κ1) is 13.2. The molecule has 0 unspecified atom stereocenters. The lowest BCUT2D eigenvalue weighted by Crippen LogP contribution is -2.43. The van der Waals surface area contributed by atoms with Crippen LogP contribution < -0.4 is 5.32 Å². The molecule has 100 valence electrons. The lowest BCUT2D eigenvalue weighted by Gasteiger charge is -2.30. The van der Waals surface area contributed by atoms with Crippen molar-refractivity contribution >= 4 is 10.0 Å². The minimum atomic E-state index is -4.36. The van der Waals surface area contributed by atoms with Crippen molar-refractivity contribution in [2.75, 3.05) is 19.6 Å². The number of nitrogens with zero attached hydrogens (tertiary/aromatic N) is 1. The SMILES string of the molecule is O=S(=O)(C(F)F)N1CCC(CNC2CC2)CC1. The van der Waals surface area contributed by atoms with E-state index in [1.807, 2.05) is 0 Å². The van der Waals surface area contributed by atoms with Crippen LogP contribution in [0.5, 0.6) is 0 Å². The van der Waals surface area contributed by atoms with E-state index >= 15 is 0 Å². The summed E-state index contributed by atoms with van der Waals surface area (Å²) < 4.78 is 48.0. The normalized spacial score (nSPS) is 24.4. The number of piperidine rings is 1. The topological polar surface area (TPSA) is 49.4 Å². The van der Waals surface area contributed by atoms with Crippen LogP contribution >= 0.6 is 0 Å². The number of nitrogens with one attached hydrogen (secondary N) is 1. The average Bonchev–Trinajstić information content (AvgIpc) is 3.10. The minimum Gasteiger partial charge on any atom is -0.314 e. The molecular weight excluding hydrogens is 250 g/mol. The van der Waals surface area contributed by atoms with Crippen LogP contribution in [0.25, 0.3) is 0 Å². The summed E-state index contributed by atoms with van der Waals surface area (Å²) in [4.78, 5) is 0. The van der Waals surface area contributed by atoms with Crippen LogP contribution in [0, 0.1) is 5.92 Å². The van der Waals surface area contributed by atoms with Gasteiger partial charge in [-0.2, -0.15) is 13.1 Å². The third-order valence-electron chi connectivity index (χ3n) is 3.43. The summed E-state index contributed by atoms with van der Waals surface area (Å²) in [7, 11) is -4.36. The Kier molecular flexibility index (Phi) is 3.99. The number of hydrogen-bond donors (Lipinski definition) is 1. The number of alkyl halides is 2. The molecule has 0 aromatic rings. The van der Waals surface area contributed by atoms with Crippen LogP contribution in [0.3, 0.4) is 0 Å². The van der Waals surface area contributed by atoms with Crippen molar-refractivity contribution < 1.29 is 17.2 Å². The third kappa shape index (κ3) is 3.35. The molecule has 1 aliphatic carbocycles. The summed E-state index contributed by atoms with van der Waals surface area (Å²) in [5.41, 5.74) is 0. The van der Waals surface area contributed by atoms with Gasteiger partial charge in [0.1, 0.15) is 0 Å². The molecule has 0 radical (unpaired) electrons. The van der Waals surface area contributed by atoms with Gasteiger partial charge < -0.3 is 5.32 Å². The number of sulfonamides is 1. The molecule has 17 heavy (non-hydrogen) atoms. The molecule has 0 bridgehead atoms. The van der Waals surface area contributed by atoms with E-state index in [0.29, 0.717) is 24.8 Å². The summed E-state index contributed by atoms with van der Waals surface area (Å²) in [5.74, 6) is -2.87. The van der Waals surface area contributed by atoms with E-state index < -0.39 is 15.8 Å².